The molecule has 0 saturated carbocycles. The highest BCUT2D eigenvalue weighted by molar-refractivity contribution is 5.82. The zero-order chi connectivity index (χ0) is 19.0. The smallest absolute Gasteiger partial charge is 0.258 e. The molecule has 2 aliphatic rings. The number of nitrogens with two attached hydrogens (primary N) is 1. The van der Waals surface area contributed by atoms with E-state index in [2.05, 4.69) is 20.4 Å². The highest BCUT2D eigenvalue weighted by atomic mass is 16.6. The number of anilines is 1. The molecule has 9 heteroatoms. The number of hydrogen-bond donors (Lipinski definition) is 3. The van der Waals surface area contributed by atoms with Gasteiger partial charge in [0, 0.05) is 23.6 Å². The van der Waals surface area contributed by atoms with Crippen molar-refractivity contribution in [1.29, 1.82) is 0 Å². The van der Waals surface area contributed by atoms with Gasteiger partial charge in [0.15, 0.2) is 0 Å². The maximum absolute atomic E-state index is 11.4. The number of aromatic amines is 1. The van der Waals surface area contributed by atoms with Gasteiger partial charge in [-0.15, -0.1) is 0 Å². The van der Waals surface area contributed by atoms with Crippen molar-refractivity contribution in [3.8, 4) is 0 Å². The Morgan fingerprint density at radius 1 is 1.37 bits per heavy atom. The lowest BCUT2D eigenvalue weighted by atomic mass is 9.87. The Kier molecular flexibility index (Phi) is 4.54. The van der Waals surface area contributed by atoms with Crippen LogP contribution in [0.25, 0.3) is 16.6 Å². The van der Waals surface area contributed by atoms with Crippen LogP contribution in [0.2, 0.25) is 0 Å². The molecule has 0 amide bonds. The number of imidazole rings is 1. The first-order valence-electron chi connectivity index (χ1n) is 8.93. The van der Waals surface area contributed by atoms with Gasteiger partial charge in [0.05, 0.1) is 41.5 Å². The molecule has 9 nitrogen and oxygen atoms in total. The van der Waals surface area contributed by atoms with E-state index in [1.54, 1.807) is 13.0 Å². The second-order valence-electron chi connectivity index (χ2n) is 6.84. The van der Waals surface area contributed by atoms with Crippen LogP contribution in [0.3, 0.4) is 0 Å². The number of nitro groups is 1. The summed E-state index contributed by atoms with van der Waals surface area (Å²) in [6, 6.07) is 4.96. The van der Waals surface area contributed by atoms with Gasteiger partial charge in [0.1, 0.15) is 5.82 Å². The molecule has 2 aromatic rings. The average molecular weight is 370 g/mol. The first kappa shape index (κ1) is 17.5. The van der Waals surface area contributed by atoms with Crippen molar-refractivity contribution in [2.75, 3.05) is 31.7 Å². The molecule has 1 aliphatic carbocycles. The Morgan fingerprint density at radius 3 is 2.89 bits per heavy atom. The third-order valence-corrected chi connectivity index (χ3v) is 5.04. The molecule has 1 saturated heterocycles. The van der Waals surface area contributed by atoms with Crippen LogP contribution in [0.15, 0.2) is 36.0 Å². The van der Waals surface area contributed by atoms with Crippen LogP contribution < -0.4 is 11.2 Å². The molecule has 142 valence electrons. The highest BCUT2D eigenvalue weighted by Crippen LogP contribution is 2.32. The van der Waals surface area contributed by atoms with E-state index in [9.17, 15) is 10.1 Å². The molecule has 0 spiro atoms. The molecular formula is C18H22N6O3. The number of nitrogens with zero attached hydrogens (tertiary/aromatic N) is 3. The highest BCUT2D eigenvalue weighted by Gasteiger charge is 2.36. The lowest BCUT2D eigenvalue weighted by Crippen LogP contribution is -2.40. The van der Waals surface area contributed by atoms with Gasteiger partial charge in [-0.25, -0.2) is 9.99 Å². The number of ether oxygens (including phenoxy) is 1. The van der Waals surface area contributed by atoms with E-state index in [4.69, 9.17) is 10.5 Å². The molecule has 0 bridgehead atoms. The third kappa shape index (κ3) is 3.38. The average Bonchev–Trinajstić information content (AvgIpc) is 3.05. The van der Waals surface area contributed by atoms with Gasteiger partial charge in [-0.2, -0.15) is 0 Å². The van der Waals surface area contributed by atoms with E-state index in [0.717, 1.165) is 35.4 Å². The fourth-order valence-electron chi connectivity index (χ4n) is 3.57. The number of hydrogen-bond acceptors (Lipinski definition) is 7. The summed E-state index contributed by atoms with van der Waals surface area (Å²) >= 11 is 0. The minimum absolute atomic E-state index is 0.268. The normalized spacial score (nSPS) is 23.7. The standard InChI is InChI=1S/C18H22N6O3/c1-11-13(3-4-14(19)17(11)24(25)26)18-20-15-5-2-12(10-16(15)21-18)22-23-6-8-27-9-7-23/h2-5,10-11,17,22H,6-9,19H2,1H3,(H,20,21). The number of nitrogens with one attached hydrogen (secondary N) is 2. The quantitative estimate of drug-likeness (QED) is 0.553. The summed E-state index contributed by atoms with van der Waals surface area (Å²) in [5.74, 6) is 0.271. The minimum Gasteiger partial charge on any atom is -0.396 e. The third-order valence-electron chi connectivity index (χ3n) is 5.04. The molecule has 2 unspecified atom stereocenters. The summed E-state index contributed by atoms with van der Waals surface area (Å²) in [7, 11) is 0. The van der Waals surface area contributed by atoms with Crippen molar-refractivity contribution < 1.29 is 9.66 Å². The molecule has 0 radical (unpaired) electrons. The number of aromatic nitrogens is 2. The Labute approximate surface area is 156 Å². The van der Waals surface area contributed by atoms with Gasteiger partial charge in [0.2, 0.25) is 0 Å². The zero-order valence-electron chi connectivity index (χ0n) is 15.0. The van der Waals surface area contributed by atoms with Crippen LogP contribution in [-0.4, -0.2) is 52.2 Å². The fraction of sp³-hybridized carbons (Fsp3) is 0.389. The van der Waals surface area contributed by atoms with Crippen molar-refractivity contribution in [3.63, 3.8) is 0 Å². The van der Waals surface area contributed by atoms with Crippen LogP contribution in [0, 0.1) is 16.0 Å². The second-order valence-corrected chi connectivity index (χ2v) is 6.84. The summed E-state index contributed by atoms with van der Waals surface area (Å²) in [4.78, 5) is 18.9. The van der Waals surface area contributed by atoms with Gasteiger partial charge in [-0.1, -0.05) is 13.0 Å². The van der Waals surface area contributed by atoms with Crippen molar-refractivity contribution in [3.05, 3.63) is 52.0 Å². The molecule has 1 aliphatic heterocycles. The Morgan fingerprint density at radius 2 is 2.15 bits per heavy atom. The lowest BCUT2D eigenvalue weighted by molar-refractivity contribution is -0.518. The first-order chi connectivity index (χ1) is 13.0. The predicted molar refractivity (Wildman–Crippen MR) is 102 cm³/mol. The van der Waals surface area contributed by atoms with Crippen LogP contribution in [0.1, 0.15) is 12.7 Å². The number of fused-ring (bicyclic) bond motifs is 1. The van der Waals surface area contributed by atoms with E-state index in [1.165, 1.54) is 0 Å². The molecular weight excluding hydrogens is 348 g/mol. The van der Waals surface area contributed by atoms with Crippen molar-refractivity contribution in [1.82, 2.24) is 15.0 Å². The molecule has 2 heterocycles. The van der Waals surface area contributed by atoms with Crippen LogP contribution >= 0.6 is 0 Å². The summed E-state index contributed by atoms with van der Waals surface area (Å²) < 4.78 is 5.36. The number of hydrazine groups is 1. The fourth-order valence-corrected chi connectivity index (χ4v) is 3.57. The SMILES string of the molecule is CC1C(c2nc3ccc(NN4CCOCC4)cc3[nH]2)=CC=C(N)C1[N+](=O)[O-]. The maximum atomic E-state index is 11.4. The molecule has 2 atom stereocenters. The van der Waals surface area contributed by atoms with E-state index in [1.807, 2.05) is 24.3 Å². The van der Waals surface area contributed by atoms with E-state index in [-0.39, 0.29) is 16.5 Å². The zero-order valence-corrected chi connectivity index (χ0v) is 15.0. The van der Waals surface area contributed by atoms with Crippen molar-refractivity contribution in [2.24, 2.45) is 11.7 Å². The number of H-pyrrole nitrogens is 1. The van der Waals surface area contributed by atoms with Crippen molar-refractivity contribution >= 4 is 22.3 Å². The first-order valence-corrected chi connectivity index (χ1v) is 8.93. The van der Waals surface area contributed by atoms with E-state index >= 15 is 0 Å². The monoisotopic (exact) mass is 370 g/mol. The van der Waals surface area contributed by atoms with Gasteiger partial charge in [0.25, 0.3) is 6.04 Å². The summed E-state index contributed by atoms with van der Waals surface area (Å²) in [6.45, 7) is 4.88. The van der Waals surface area contributed by atoms with Crippen LogP contribution in [-0.2, 0) is 4.74 Å². The summed E-state index contributed by atoms with van der Waals surface area (Å²) in [5.41, 5.74) is 12.9. The van der Waals surface area contributed by atoms with Gasteiger partial charge >= 0.3 is 0 Å². The molecule has 4 rings (SSSR count). The summed E-state index contributed by atoms with van der Waals surface area (Å²) in [6.07, 6.45) is 3.41. The maximum Gasteiger partial charge on any atom is 0.258 e. The molecule has 1 aromatic carbocycles. The Balaban J connectivity index is 1.61. The Bertz CT molecular complexity index is 928. The number of allylic oxidation sites excluding steroid dienone is 2. The van der Waals surface area contributed by atoms with E-state index in [0.29, 0.717) is 19.0 Å². The molecule has 1 aromatic heterocycles. The number of morpholine rings is 1. The largest absolute Gasteiger partial charge is 0.396 e. The summed E-state index contributed by atoms with van der Waals surface area (Å²) in [5, 5.41) is 13.5. The van der Waals surface area contributed by atoms with E-state index < -0.39 is 6.04 Å². The minimum atomic E-state index is -0.934. The predicted octanol–water partition coefficient (Wildman–Crippen LogP) is 1.74. The molecule has 1 fully saturated rings. The topological polar surface area (TPSA) is 122 Å². The van der Waals surface area contributed by atoms with Crippen molar-refractivity contribution in [2.45, 2.75) is 13.0 Å². The molecule has 27 heavy (non-hydrogen) atoms. The Hall–Kier alpha value is -2.91. The van der Waals surface area contributed by atoms with Gasteiger partial charge in [-0.05, 0) is 24.3 Å². The van der Waals surface area contributed by atoms with Crippen LogP contribution in [0.5, 0.6) is 0 Å². The second kappa shape index (κ2) is 7.01. The van der Waals surface area contributed by atoms with Gasteiger partial charge < -0.3 is 20.9 Å². The van der Waals surface area contributed by atoms with Crippen LogP contribution in [0.4, 0.5) is 5.69 Å². The van der Waals surface area contributed by atoms with Gasteiger partial charge in [-0.3, -0.25) is 10.1 Å². The lowest BCUT2D eigenvalue weighted by Gasteiger charge is -2.27. The number of benzene rings is 1. The number of rotatable bonds is 4. The molecule has 4 N–H and O–H groups in total.